The third kappa shape index (κ3) is 2.32. The lowest BCUT2D eigenvalue weighted by atomic mass is 9.85. The summed E-state index contributed by atoms with van der Waals surface area (Å²) in [5.74, 6) is 6.79. The minimum absolute atomic E-state index is 0.0227. The topological polar surface area (TPSA) is 80.3 Å². The molecule has 2 N–H and O–H groups in total. The van der Waals surface area contributed by atoms with Crippen LogP contribution in [-0.4, -0.2) is 52.7 Å². The Morgan fingerprint density at radius 3 is 3.04 bits per heavy atom. The lowest BCUT2D eigenvalue weighted by Crippen LogP contribution is -2.55. The highest BCUT2D eigenvalue weighted by Gasteiger charge is 2.47. The van der Waals surface area contributed by atoms with Gasteiger partial charge in [0.15, 0.2) is 0 Å². The fraction of sp³-hybridized carbons (Fsp3) is 0.562. The van der Waals surface area contributed by atoms with Crippen LogP contribution in [0.25, 0.3) is 0 Å². The minimum atomic E-state index is -0.359. The molecule has 2 saturated heterocycles. The van der Waals surface area contributed by atoms with Crippen molar-refractivity contribution in [2.24, 2.45) is 27.2 Å². The van der Waals surface area contributed by atoms with E-state index in [2.05, 4.69) is 25.9 Å². The molecule has 7 nitrogen and oxygen atoms in total. The molecule has 4 heterocycles. The molecule has 1 unspecified atom stereocenters. The van der Waals surface area contributed by atoms with Gasteiger partial charge in [0.2, 0.25) is 11.6 Å². The van der Waals surface area contributed by atoms with E-state index in [1.165, 1.54) is 0 Å². The van der Waals surface area contributed by atoms with Crippen LogP contribution in [0.1, 0.15) is 19.8 Å². The Kier molecular flexibility index (Phi) is 3.76. The fourth-order valence-corrected chi connectivity index (χ4v) is 4.19. The highest BCUT2D eigenvalue weighted by molar-refractivity contribution is 9.18. The maximum atomic E-state index is 12.8. The molecule has 2 fully saturated rings. The van der Waals surface area contributed by atoms with Crippen molar-refractivity contribution in [3.05, 3.63) is 23.8 Å². The summed E-state index contributed by atoms with van der Waals surface area (Å²) in [6, 6.07) is 0. The number of quaternary nitrogens is 1. The molecule has 2 atom stereocenters. The Labute approximate surface area is 149 Å². The summed E-state index contributed by atoms with van der Waals surface area (Å²) >= 11 is 3.48. The van der Waals surface area contributed by atoms with Crippen LogP contribution in [0.2, 0.25) is 0 Å². The van der Waals surface area contributed by atoms with Gasteiger partial charge in [0.1, 0.15) is 11.9 Å². The number of halogens is 1. The first-order valence-corrected chi connectivity index (χ1v) is 8.98. The van der Waals surface area contributed by atoms with Crippen LogP contribution < -0.4 is 5.84 Å². The molecule has 4 aliphatic rings. The van der Waals surface area contributed by atoms with Gasteiger partial charge in [-0.3, -0.25) is 9.79 Å². The number of nitrogens with zero attached hydrogens (tertiary/aromatic N) is 4. The van der Waals surface area contributed by atoms with Crippen LogP contribution in [0.15, 0.2) is 33.8 Å². The zero-order valence-electron chi connectivity index (χ0n) is 13.6. The monoisotopic (exact) mass is 394 g/mol. The predicted octanol–water partition coefficient (Wildman–Crippen LogP) is 1.48. The summed E-state index contributed by atoms with van der Waals surface area (Å²) in [6.45, 7) is 4.49. The van der Waals surface area contributed by atoms with Gasteiger partial charge in [0.05, 0.1) is 31.0 Å². The van der Waals surface area contributed by atoms with Crippen molar-refractivity contribution < 1.29 is 14.1 Å². The van der Waals surface area contributed by atoms with Gasteiger partial charge in [-0.25, -0.2) is 0 Å². The predicted molar refractivity (Wildman–Crippen MR) is 93.7 cm³/mol. The number of fused-ring (bicyclic) bond motifs is 1. The number of hydrogen-bond donors (Lipinski definition) is 1. The summed E-state index contributed by atoms with van der Waals surface area (Å²) in [4.78, 5) is 23.6. The average Bonchev–Trinajstić information content (AvgIpc) is 2.84. The summed E-state index contributed by atoms with van der Waals surface area (Å²) < 4.78 is 5.92. The molecule has 0 spiro atoms. The van der Waals surface area contributed by atoms with E-state index in [1.54, 1.807) is 18.6 Å². The number of aliphatic imine (C=N–C) groups is 2. The Balaban J connectivity index is 1.59. The van der Waals surface area contributed by atoms with Gasteiger partial charge in [-0.2, -0.15) is 10.8 Å². The fourth-order valence-electron chi connectivity index (χ4n) is 3.69. The Hall–Kier alpha value is -1.35. The Morgan fingerprint density at radius 2 is 2.33 bits per heavy atom. The number of amides is 1. The average molecular weight is 395 g/mol. The Bertz CT molecular complexity index is 709. The number of nitrogens with two attached hydrogens (primary N) is 1. The molecule has 24 heavy (non-hydrogen) atoms. The maximum absolute atomic E-state index is 12.8. The minimum Gasteiger partial charge on any atom is -0.379 e. The van der Waals surface area contributed by atoms with E-state index in [-0.39, 0.29) is 21.8 Å². The van der Waals surface area contributed by atoms with Gasteiger partial charge in [-0.15, -0.1) is 4.59 Å². The van der Waals surface area contributed by atoms with Crippen LogP contribution in [0.5, 0.6) is 0 Å². The molecule has 0 bridgehead atoms. The number of ether oxygens (including phenoxy) is 1. The number of hydrogen-bond acceptors (Lipinski definition) is 5. The second-order valence-electron chi connectivity index (χ2n) is 7.15. The SMILES string of the molecule is CC1(C(=O)N2CCC[C@@H](C3=C4C=NC=C[N+]4(N)C(Br)=N3)C2)COC1. The van der Waals surface area contributed by atoms with Gasteiger partial charge in [-0.05, 0) is 19.8 Å². The van der Waals surface area contributed by atoms with Crippen LogP contribution >= 0.6 is 15.9 Å². The van der Waals surface area contributed by atoms with Gasteiger partial charge in [0, 0.05) is 34.9 Å². The zero-order chi connectivity index (χ0) is 16.9. The van der Waals surface area contributed by atoms with Gasteiger partial charge >= 0.3 is 4.74 Å². The third-order valence-corrected chi connectivity index (χ3v) is 5.98. The molecule has 0 saturated carbocycles. The molecular formula is C16H21BrN5O2+. The van der Waals surface area contributed by atoms with Crippen molar-refractivity contribution in [2.75, 3.05) is 26.3 Å². The molecule has 0 aromatic carbocycles. The molecule has 0 radical (unpaired) electrons. The van der Waals surface area contributed by atoms with Crippen LogP contribution in [-0.2, 0) is 9.53 Å². The van der Waals surface area contributed by atoms with Gasteiger partial charge in [-0.1, -0.05) is 0 Å². The van der Waals surface area contributed by atoms with E-state index < -0.39 is 0 Å². The highest BCUT2D eigenvalue weighted by atomic mass is 79.9. The number of allylic oxidation sites excluding steroid dienone is 1. The summed E-state index contributed by atoms with van der Waals surface area (Å²) in [5, 5.41) is 0. The molecule has 4 rings (SSSR count). The number of likely N-dealkylation sites (tertiary alicyclic amines) is 1. The first-order chi connectivity index (χ1) is 11.4. The van der Waals surface area contributed by atoms with Crippen molar-refractivity contribution in [3.8, 4) is 0 Å². The molecular weight excluding hydrogens is 374 g/mol. The smallest absolute Gasteiger partial charge is 0.301 e. The quantitative estimate of drug-likeness (QED) is 0.437. The molecule has 0 aliphatic carbocycles. The number of amidine groups is 1. The number of piperidine rings is 1. The van der Waals surface area contributed by atoms with Gasteiger partial charge in [0.25, 0.3) is 0 Å². The lowest BCUT2D eigenvalue weighted by molar-refractivity contribution is -0.746. The summed E-state index contributed by atoms with van der Waals surface area (Å²) in [5.41, 5.74) is 1.45. The second-order valence-corrected chi connectivity index (χ2v) is 7.86. The maximum Gasteiger partial charge on any atom is 0.301 e. The van der Waals surface area contributed by atoms with Crippen LogP contribution in [0.3, 0.4) is 0 Å². The van der Waals surface area contributed by atoms with E-state index in [0.717, 1.165) is 30.8 Å². The third-order valence-electron chi connectivity index (χ3n) is 5.22. The second kappa shape index (κ2) is 5.59. The van der Waals surface area contributed by atoms with Crippen molar-refractivity contribution >= 4 is 32.8 Å². The molecule has 128 valence electrons. The van der Waals surface area contributed by atoms with E-state index in [4.69, 9.17) is 10.6 Å². The first-order valence-electron chi connectivity index (χ1n) is 8.19. The van der Waals surface area contributed by atoms with Gasteiger partial charge < -0.3 is 9.64 Å². The molecule has 0 aromatic heterocycles. The summed E-state index contributed by atoms with van der Waals surface area (Å²) in [6.07, 6.45) is 7.21. The molecule has 0 aromatic rings. The molecule has 8 heteroatoms. The standard InChI is InChI=1S/C16H21BrN5O2/c1-16(9-24-10-16)14(23)21-5-2-3-11(8-21)13-12-7-19-4-6-22(12,18)15(17)20-13/h4,6-7,11H,2-3,5,8-10,18H2,1H3/q+1/t11-,22?/m1/s1. The highest BCUT2D eigenvalue weighted by Crippen LogP contribution is 2.38. The number of rotatable bonds is 2. The van der Waals surface area contributed by atoms with Crippen molar-refractivity contribution in [1.82, 2.24) is 4.90 Å². The van der Waals surface area contributed by atoms with E-state index >= 15 is 0 Å². The van der Waals surface area contributed by atoms with Crippen molar-refractivity contribution in [3.63, 3.8) is 0 Å². The van der Waals surface area contributed by atoms with E-state index in [1.807, 2.05) is 11.8 Å². The van der Waals surface area contributed by atoms with Crippen molar-refractivity contribution in [2.45, 2.75) is 19.8 Å². The lowest BCUT2D eigenvalue weighted by Gasteiger charge is -2.42. The van der Waals surface area contributed by atoms with Crippen LogP contribution in [0, 0.1) is 11.3 Å². The van der Waals surface area contributed by atoms with Crippen molar-refractivity contribution in [1.29, 1.82) is 0 Å². The normalized spacial score (nSPS) is 34.0. The largest absolute Gasteiger partial charge is 0.379 e. The molecule has 4 aliphatic heterocycles. The van der Waals surface area contributed by atoms with Crippen LogP contribution in [0.4, 0.5) is 0 Å². The first kappa shape index (κ1) is 16.1. The van der Waals surface area contributed by atoms with E-state index in [0.29, 0.717) is 24.5 Å². The zero-order valence-corrected chi connectivity index (χ0v) is 15.2. The summed E-state index contributed by atoms with van der Waals surface area (Å²) in [7, 11) is 0. The Morgan fingerprint density at radius 1 is 1.54 bits per heavy atom. The van der Waals surface area contributed by atoms with E-state index in [9.17, 15) is 4.79 Å². The number of carbonyl (C=O) groups excluding carboxylic acids is 1. The molecule has 1 amide bonds. The number of carbonyl (C=O) groups is 1.